The minimum atomic E-state index is -4.52. The average molecular weight is 376 g/mol. The van der Waals surface area contributed by atoms with Crippen LogP contribution in [-0.4, -0.2) is 29.0 Å². The Balaban J connectivity index is 0.00000312. The van der Waals surface area contributed by atoms with Crippen molar-refractivity contribution in [2.45, 2.75) is 12.7 Å². The Hall–Kier alpha value is -2.39. The summed E-state index contributed by atoms with van der Waals surface area (Å²) in [6.45, 7) is 0.786. The van der Waals surface area contributed by atoms with E-state index >= 15 is 0 Å². The van der Waals surface area contributed by atoms with Crippen LogP contribution in [-0.2, 0) is 12.7 Å². The number of anilines is 1. The van der Waals surface area contributed by atoms with Gasteiger partial charge in [0.05, 0.1) is 0 Å². The number of nitrogens with two attached hydrogens (primary N) is 1. The zero-order chi connectivity index (χ0) is 17.6. The maximum absolute atomic E-state index is 12.5. The van der Waals surface area contributed by atoms with Gasteiger partial charge in [0.15, 0.2) is 0 Å². The van der Waals surface area contributed by atoms with Crippen molar-refractivity contribution in [1.82, 2.24) is 15.3 Å². The highest BCUT2D eigenvalue weighted by Gasteiger charge is 2.32. The van der Waals surface area contributed by atoms with Crippen molar-refractivity contribution >= 4 is 24.3 Å². The lowest BCUT2D eigenvalue weighted by molar-refractivity contribution is -0.141. The number of amides is 1. The fourth-order valence-corrected chi connectivity index (χ4v) is 1.85. The summed E-state index contributed by atoms with van der Waals surface area (Å²) in [5, 5.41) is 5.27. The van der Waals surface area contributed by atoms with Gasteiger partial charge in [-0.3, -0.25) is 4.79 Å². The van der Waals surface area contributed by atoms with Crippen LogP contribution in [0.15, 0.2) is 36.5 Å². The van der Waals surface area contributed by atoms with Crippen molar-refractivity contribution in [3.63, 3.8) is 0 Å². The van der Waals surface area contributed by atoms with Crippen LogP contribution in [0.25, 0.3) is 0 Å². The van der Waals surface area contributed by atoms with Gasteiger partial charge in [0.2, 0.25) is 5.95 Å². The van der Waals surface area contributed by atoms with Crippen LogP contribution in [0.4, 0.5) is 19.1 Å². The highest BCUT2D eigenvalue weighted by atomic mass is 35.5. The van der Waals surface area contributed by atoms with Gasteiger partial charge < -0.3 is 16.4 Å². The van der Waals surface area contributed by atoms with E-state index < -0.39 is 11.9 Å². The molecule has 0 aliphatic rings. The van der Waals surface area contributed by atoms with Crippen molar-refractivity contribution in [2.75, 3.05) is 18.4 Å². The van der Waals surface area contributed by atoms with Crippen molar-refractivity contribution in [2.24, 2.45) is 5.73 Å². The highest BCUT2D eigenvalue weighted by molar-refractivity contribution is 5.94. The molecular formula is C15H17ClF3N5O. The molecule has 0 fully saturated rings. The molecule has 6 nitrogen and oxygen atoms in total. The number of carbonyl (C=O) groups is 1. The molecule has 0 saturated heterocycles. The Bertz CT molecular complexity index is 694. The van der Waals surface area contributed by atoms with Gasteiger partial charge in [-0.25, -0.2) is 9.97 Å². The summed E-state index contributed by atoms with van der Waals surface area (Å²) in [6.07, 6.45) is -3.50. The quantitative estimate of drug-likeness (QED) is 0.673. The summed E-state index contributed by atoms with van der Waals surface area (Å²) >= 11 is 0. The molecule has 1 amide bonds. The van der Waals surface area contributed by atoms with Crippen LogP contribution in [0, 0.1) is 0 Å². The standard InChI is InChI=1S/C15H16F3N5O.ClH/c16-15(17,18)12-5-6-21-14(23-12)22-8-7-20-13(24)11-3-1-10(9-19)2-4-11;/h1-6H,7-9,19H2,(H,20,24)(H,21,22,23);1H. The van der Waals surface area contributed by atoms with Gasteiger partial charge in [0.1, 0.15) is 5.69 Å². The molecule has 10 heteroatoms. The summed E-state index contributed by atoms with van der Waals surface area (Å²) < 4.78 is 37.6. The molecule has 0 bridgehead atoms. The lowest BCUT2D eigenvalue weighted by Crippen LogP contribution is -2.29. The summed E-state index contributed by atoms with van der Waals surface area (Å²) in [4.78, 5) is 19.0. The molecule has 0 unspecified atom stereocenters. The topological polar surface area (TPSA) is 92.9 Å². The maximum atomic E-state index is 12.5. The first-order valence-electron chi connectivity index (χ1n) is 7.11. The normalized spacial score (nSPS) is 10.7. The number of halogens is 4. The second-order valence-electron chi connectivity index (χ2n) is 4.85. The first kappa shape index (κ1) is 20.7. The Kier molecular flexibility index (Phi) is 7.59. The Morgan fingerprint density at radius 2 is 1.80 bits per heavy atom. The van der Waals surface area contributed by atoms with Gasteiger partial charge in [-0.2, -0.15) is 13.2 Å². The van der Waals surface area contributed by atoms with Gasteiger partial charge in [0, 0.05) is 31.4 Å². The van der Waals surface area contributed by atoms with Gasteiger partial charge in [0.25, 0.3) is 5.91 Å². The van der Waals surface area contributed by atoms with Crippen LogP contribution < -0.4 is 16.4 Å². The van der Waals surface area contributed by atoms with Crippen molar-refractivity contribution in [1.29, 1.82) is 0 Å². The lowest BCUT2D eigenvalue weighted by Gasteiger charge is -2.09. The van der Waals surface area contributed by atoms with Crippen LogP contribution >= 0.6 is 12.4 Å². The van der Waals surface area contributed by atoms with Crippen LogP contribution in [0.1, 0.15) is 21.6 Å². The van der Waals surface area contributed by atoms with Gasteiger partial charge >= 0.3 is 6.18 Å². The number of hydrogen-bond donors (Lipinski definition) is 3. The van der Waals surface area contributed by atoms with Crippen molar-refractivity contribution in [3.8, 4) is 0 Å². The molecule has 0 aliphatic carbocycles. The summed E-state index contributed by atoms with van der Waals surface area (Å²) in [5.41, 5.74) is 5.84. The smallest absolute Gasteiger partial charge is 0.352 e. The van der Waals surface area contributed by atoms with Gasteiger partial charge in [-0.1, -0.05) is 12.1 Å². The molecule has 0 saturated carbocycles. The molecule has 1 heterocycles. The zero-order valence-electron chi connectivity index (χ0n) is 13.0. The summed E-state index contributed by atoms with van der Waals surface area (Å²) in [5.74, 6) is -0.434. The van der Waals surface area contributed by atoms with Gasteiger partial charge in [-0.05, 0) is 23.8 Å². The van der Waals surface area contributed by atoms with Crippen LogP contribution in [0.3, 0.4) is 0 Å². The van der Waals surface area contributed by atoms with E-state index in [0.29, 0.717) is 12.1 Å². The SMILES string of the molecule is Cl.NCc1ccc(C(=O)NCCNc2nccc(C(F)(F)F)n2)cc1. The molecule has 0 radical (unpaired) electrons. The third-order valence-corrected chi connectivity index (χ3v) is 3.09. The minimum absolute atomic E-state index is 0. The van der Waals surface area contributed by atoms with E-state index in [4.69, 9.17) is 5.73 Å². The van der Waals surface area contributed by atoms with E-state index in [2.05, 4.69) is 20.6 Å². The molecule has 2 rings (SSSR count). The molecular weight excluding hydrogens is 359 g/mol. The predicted molar refractivity (Wildman–Crippen MR) is 89.4 cm³/mol. The van der Waals surface area contributed by atoms with E-state index in [1.165, 1.54) is 0 Å². The van der Waals surface area contributed by atoms with Crippen molar-refractivity contribution < 1.29 is 18.0 Å². The number of carbonyl (C=O) groups excluding carboxylic acids is 1. The zero-order valence-corrected chi connectivity index (χ0v) is 13.8. The highest BCUT2D eigenvalue weighted by Crippen LogP contribution is 2.27. The Labute approximate surface area is 148 Å². The Morgan fingerprint density at radius 1 is 1.12 bits per heavy atom. The average Bonchev–Trinajstić information content (AvgIpc) is 2.58. The number of alkyl halides is 3. The third kappa shape index (κ3) is 6.20. The number of aromatic nitrogens is 2. The predicted octanol–water partition coefficient (Wildman–Crippen LogP) is 2.22. The maximum Gasteiger partial charge on any atom is 0.433 e. The minimum Gasteiger partial charge on any atom is -0.352 e. The molecule has 1 aromatic carbocycles. The Morgan fingerprint density at radius 3 is 2.40 bits per heavy atom. The van der Waals surface area contributed by atoms with E-state index in [1.807, 2.05) is 0 Å². The number of rotatable bonds is 6. The first-order chi connectivity index (χ1) is 11.4. The second kappa shape index (κ2) is 9.19. The van der Waals surface area contributed by atoms with E-state index in [1.54, 1.807) is 24.3 Å². The summed E-state index contributed by atoms with van der Waals surface area (Å²) in [7, 11) is 0. The van der Waals surface area contributed by atoms with Crippen LogP contribution in [0.5, 0.6) is 0 Å². The fourth-order valence-electron chi connectivity index (χ4n) is 1.85. The fraction of sp³-hybridized carbons (Fsp3) is 0.267. The molecule has 0 aliphatic heterocycles. The van der Waals surface area contributed by atoms with Crippen molar-refractivity contribution in [3.05, 3.63) is 53.3 Å². The number of nitrogens with zero attached hydrogens (tertiary/aromatic N) is 2. The first-order valence-corrected chi connectivity index (χ1v) is 7.11. The summed E-state index contributed by atoms with van der Waals surface area (Å²) in [6, 6.07) is 7.60. The largest absolute Gasteiger partial charge is 0.433 e. The molecule has 25 heavy (non-hydrogen) atoms. The molecule has 2 aromatic rings. The lowest BCUT2D eigenvalue weighted by atomic mass is 10.1. The molecule has 4 N–H and O–H groups in total. The van der Waals surface area contributed by atoms with E-state index in [-0.39, 0.29) is 37.4 Å². The van der Waals surface area contributed by atoms with E-state index in [0.717, 1.165) is 17.8 Å². The monoisotopic (exact) mass is 375 g/mol. The molecule has 0 atom stereocenters. The number of hydrogen-bond acceptors (Lipinski definition) is 5. The third-order valence-electron chi connectivity index (χ3n) is 3.09. The molecule has 136 valence electrons. The molecule has 1 aromatic heterocycles. The number of benzene rings is 1. The van der Waals surface area contributed by atoms with Gasteiger partial charge in [-0.15, -0.1) is 12.4 Å². The van der Waals surface area contributed by atoms with Crippen LogP contribution in [0.2, 0.25) is 0 Å². The number of nitrogens with one attached hydrogen (secondary N) is 2. The molecule has 0 spiro atoms. The second-order valence-corrected chi connectivity index (χ2v) is 4.85. The van der Waals surface area contributed by atoms with E-state index in [9.17, 15) is 18.0 Å².